The van der Waals surface area contributed by atoms with E-state index in [9.17, 15) is 40.2 Å². The lowest BCUT2D eigenvalue weighted by atomic mass is 9.89. The smallest absolute Gasteiger partial charge is 0.408 e. The van der Waals surface area contributed by atoms with Crippen LogP contribution in [0.4, 0.5) is 4.79 Å². The normalized spacial score (nSPS) is 19.9. The number of phenols is 5. The van der Waals surface area contributed by atoms with E-state index in [0.717, 1.165) is 56.1 Å². The Kier molecular flexibility index (Phi) is 22.2. The zero-order chi connectivity index (χ0) is 75.2. The topological polar surface area (TPSA) is 413 Å². The lowest BCUT2D eigenvalue weighted by molar-refractivity contribution is -0.146. The van der Waals surface area contributed by atoms with Gasteiger partial charge in [-0.05, 0) is 151 Å². The molecule has 8 aromatic rings. The van der Waals surface area contributed by atoms with Gasteiger partial charge in [-0.25, -0.2) is 9.59 Å². The minimum Gasteiger partial charge on any atom is -0.508 e. The molecule has 0 saturated carbocycles. The number of ether oxygens (including phenoxy) is 6. The quantitative estimate of drug-likeness (QED) is 0.0389. The van der Waals surface area contributed by atoms with Crippen molar-refractivity contribution < 1.29 is 97.4 Å². The fourth-order valence-electron chi connectivity index (χ4n) is 12.4. The van der Waals surface area contributed by atoms with Gasteiger partial charge in [0.05, 0.1) is 23.8 Å². The highest BCUT2D eigenvalue weighted by atomic mass is 35.5. The number of phenolic OH excluding ortho intramolecular Hbond substituents is 5. The molecule has 550 valence electrons. The standard InChI is InChI=1S/C75H71Cl2N9O20/c1-86(2)21-20-78-19-7-8-22-102-67-57-30-42-31-58(67)106-55-18-14-40(28-49(55)77)66(92)65-73(98)83-64(74(99)101-3)47-33-44(88)34-53(91)59(47)46-27-38(12-15-51(46)89)60(70(95)84-65)81-72(97)63(42)82-71(96)62-41-25-43(87)32-45(26-41)104-56-29-39(13-16-52(56)90)61(85-75(100)103-35-36-9-5-4-6-10-36)69(94)79-50(68(93)80-62)24-37-11-17-54(105-57)48(76)23-37/h4-6,9-18,23,25-34,50,60-66,78,87-92H,7-8,19-22,24,35H2,1-3H3,(H,79,94)(H,80,93)(H,81,97)(H,82,96)(H,83,98)(H,84,95)(H,85,100)/t50-,60-,61+,62+,63-,64-,65+,66-/m1/s1. The van der Waals surface area contributed by atoms with Crippen molar-refractivity contribution in [1.82, 2.24) is 47.4 Å². The van der Waals surface area contributed by atoms with Gasteiger partial charge in [-0.2, -0.15) is 0 Å². The second kappa shape index (κ2) is 31.9. The van der Waals surface area contributed by atoms with Crippen LogP contribution in [-0.4, -0.2) is 143 Å². The molecule has 14 N–H and O–H groups in total. The summed E-state index contributed by atoms with van der Waals surface area (Å²) >= 11 is 14.3. The third-order valence-electron chi connectivity index (χ3n) is 17.8. The predicted octanol–water partition coefficient (Wildman–Crippen LogP) is 7.65. The van der Waals surface area contributed by atoms with Crippen LogP contribution < -0.4 is 61.5 Å². The lowest BCUT2D eigenvalue weighted by Crippen LogP contribution is -2.55. The summed E-state index contributed by atoms with van der Waals surface area (Å²) in [5.74, 6) is -13.0. The Morgan fingerprint density at radius 3 is 1.90 bits per heavy atom. The summed E-state index contributed by atoms with van der Waals surface area (Å²) in [6.45, 7) is 1.82. The molecule has 14 rings (SSSR count). The van der Waals surface area contributed by atoms with E-state index in [1.165, 1.54) is 72.8 Å². The molecule has 6 aliphatic heterocycles. The van der Waals surface area contributed by atoms with E-state index < -0.39 is 137 Å². The van der Waals surface area contributed by atoms with Crippen molar-refractivity contribution in [2.75, 3.05) is 47.4 Å². The fourth-order valence-corrected chi connectivity index (χ4v) is 12.9. The second-order valence-corrected chi connectivity index (χ2v) is 26.3. The molecule has 106 heavy (non-hydrogen) atoms. The molecular formula is C75H71Cl2N9O20. The first-order chi connectivity index (χ1) is 50.9. The van der Waals surface area contributed by atoms with E-state index in [2.05, 4.69) is 42.5 Å². The summed E-state index contributed by atoms with van der Waals surface area (Å²) in [6.07, 6.45) is -2.57. The molecule has 0 spiro atoms. The van der Waals surface area contributed by atoms with Crippen molar-refractivity contribution in [3.05, 3.63) is 200 Å². The third-order valence-corrected chi connectivity index (χ3v) is 18.4. The number of aromatic hydroxyl groups is 5. The summed E-state index contributed by atoms with van der Waals surface area (Å²) < 4.78 is 36.8. The van der Waals surface area contributed by atoms with Crippen molar-refractivity contribution in [2.45, 2.75) is 74.3 Å². The molecule has 29 nitrogen and oxygen atoms in total. The number of aliphatic hydroxyl groups is 1. The molecule has 0 fully saturated rings. The van der Waals surface area contributed by atoms with Gasteiger partial charge in [-0.15, -0.1) is 0 Å². The number of fused-ring (bicyclic) bond motifs is 14. The van der Waals surface area contributed by atoms with Gasteiger partial charge in [0.1, 0.15) is 89.2 Å². The number of halogens is 2. The van der Waals surface area contributed by atoms with Crippen molar-refractivity contribution in [1.29, 1.82) is 0 Å². The summed E-state index contributed by atoms with van der Waals surface area (Å²) in [5, 5.41) is 91.0. The Morgan fingerprint density at radius 2 is 1.20 bits per heavy atom. The molecule has 0 saturated heterocycles. The summed E-state index contributed by atoms with van der Waals surface area (Å²) in [4.78, 5) is 123. The maximum absolute atomic E-state index is 16.3. The molecule has 0 unspecified atom stereocenters. The van der Waals surface area contributed by atoms with E-state index in [4.69, 9.17) is 51.6 Å². The molecular weight excluding hydrogens is 1420 g/mol. The number of nitrogens with zero attached hydrogens (tertiary/aromatic N) is 1. The van der Waals surface area contributed by atoms with Gasteiger partial charge in [-0.3, -0.25) is 28.8 Å². The minimum absolute atomic E-state index is 0.00158. The molecule has 7 amide bonds. The number of benzene rings is 8. The minimum atomic E-state index is -2.17. The van der Waals surface area contributed by atoms with E-state index in [1.54, 1.807) is 30.3 Å². The van der Waals surface area contributed by atoms with E-state index in [0.29, 0.717) is 31.5 Å². The predicted molar refractivity (Wildman–Crippen MR) is 379 cm³/mol. The van der Waals surface area contributed by atoms with Gasteiger partial charge in [0, 0.05) is 48.3 Å². The van der Waals surface area contributed by atoms with Gasteiger partial charge in [-0.1, -0.05) is 77.8 Å². The first kappa shape index (κ1) is 73.7. The largest absolute Gasteiger partial charge is 0.508 e. The average Bonchev–Trinajstić information content (AvgIpc) is 0.743. The van der Waals surface area contributed by atoms with Crippen LogP contribution in [0.2, 0.25) is 10.0 Å². The molecule has 17 bridgehead atoms. The Hall–Kier alpha value is -12.0. The van der Waals surface area contributed by atoms with E-state index >= 15 is 28.8 Å². The number of aliphatic hydroxyl groups excluding tert-OH is 1. The highest BCUT2D eigenvalue weighted by molar-refractivity contribution is 6.32. The Balaban J connectivity index is 1.05. The van der Waals surface area contributed by atoms with E-state index in [-0.39, 0.29) is 108 Å². The van der Waals surface area contributed by atoms with Crippen LogP contribution in [-0.2, 0) is 56.1 Å². The van der Waals surface area contributed by atoms with E-state index in [1.807, 2.05) is 19.0 Å². The molecule has 6 aliphatic rings. The number of rotatable bonds is 13. The summed E-state index contributed by atoms with van der Waals surface area (Å²) in [5.41, 5.74) is -1.10. The number of esters is 1. The van der Waals surface area contributed by atoms with Crippen LogP contribution >= 0.6 is 23.2 Å². The van der Waals surface area contributed by atoms with Crippen LogP contribution in [0, 0.1) is 0 Å². The number of methoxy groups -OCH3 is 1. The number of unbranched alkanes of at least 4 members (excludes halogenated alkanes) is 1. The maximum Gasteiger partial charge on any atom is 0.408 e. The van der Waals surface area contributed by atoms with Crippen molar-refractivity contribution >= 4 is 70.7 Å². The Labute approximate surface area is 614 Å². The first-order valence-corrected chi connectivity index (χ1v) is 34.0. The summed E-state index contributed by atoms with van der Waals surface area (Å²) in [7, 11) is 4.87. The van der Waals surface area contributed by atoms with Crippen LogP contribution in [0.25, 0.3) is 11.1 Å². The molecule has 0 radical (unpaired) electrons. The maximum atomic E-state index is 16.3. The van der Waals surface area contributed by atoms with Crippen LogP contribution in [0.15, 0.2) is 146 Å². The first-order valence-electron chi connectivity index (χ1n) is 33.3. The molecule has 0 aliphatic carbocycles. The average molecular weight is 1490 g/mol. The second-order valence-electron chi connectivity index (χ2n) is 25.5. The molecule has 8 aromatic carbocycles. The summed E-state index contributed by atoms with van der Waals surface area (Å²) in [6, 6.07) is 17.8. The Bertz CT molecular complexity index is 4780. The van der Waals surface area contributed by atoms with Gasteiger partial charge in [0.25, 0.3) is 0 Å². The molecule has 6 heterocycles. The number of hydrogen-bond acceptors (Lipinski definition) is 22. The van der Waals surface area contributed by atoms with Crippen molar-refractivity contribution in [3.8, 4) is 80.1 Å². The molecule has 31 heteroatoms. The number of amides is 7. The lowest BCUT2D eigenvalue weighted by Gasteiger charge is -2.31. The monoisotopic (exact) mass is 1490 g/mol. The number of hydrogen-bond donors (Lipinski definition) is 14. The van der Waals surface area contributed by atoms with Crippen LogP contribution in [0.5, 0.6) is 69.0 Å². The Morgan fingerprint density at radius 1 is 0.566 bits per heavy atom. The fraction of sp³-hybridized carbons (Fsp3) is 0.253. The van der Waals surface area contributed by atoms with Gasteiger partial charge < -0.3 is 106 Å². The zero-order valence-corrected chi connectivity index (χ0v) is 58.2. The zero-order valence-electron chi connectivity index (χ0n) is 56.7. The highest BCUT2D eigenvalue weighted by Crippen LogP contribution is 2.49. The molecule has 8 atom stereocenters. The van der Waals surface area contributed by atoms with Crippen LogP contribution in [0.1, 0.15) is 93.7 Å². The third kappa shape index (κ3) is 16.6. The number of nitrogens with one attached hydrogen (secondary N) is 8. The van der Waals surface area contributed by atoms with Crippen molar-refractivity contribution in [3.63, 3.8) is 0 Å². The number of carbonyl (C=O) groups is 8. The SMILES string of the molecule is COC(=O)[C@@H]1NC(=O)[C@H]2NC(=O)[C@H](NC(=O)[C@@H]3NC(=O)[C@H]4NC(=O)[C@@H](Cc5ccc(c(Cl)c5)Oc5cc3cc(c5OCCCCNCCN(C)C)Oc3ccc(cc3Cl)[C@H]2O)NC(=O)[C@@H](NC(=O)OCc2ccccc2)c2ccc(O)c(c2)Oc2cc(O)cc4c2)c2ccc(O)c(c2)-c2c(O)cc(O)cc21. The van der Waals surface area contributed by atoms with Gasteiger partial charge in [0.2, 0.25) is 41.2 Å². The number of alkyl carbamates (subject to hydrolysis) is 1. The van der Waals surface area contributed by atoms with Crippen molar-refractivity contribution in [2.24, 2.45) is 0 Å². The number of likely N-dealkylation sites (N-methyl/N-ethyl adjacent to an activating group) is 1. The highest BCUT2D eigenvalue weighted by Gasteiger charge is 2.42. The van der Waals surface area contributed by atoms with Crippen LogP contribution in [0.3, 0.4) is 0 Å². The molecule has 0 aromatic heterocycles. The number of carbonyl (C=O) groups excluding carboxylic acids is 8. The van der Waals surface area contributed by atoms with Gasteiger partial charge >= 0.3 is 12.1 Å². The van der Waals surface area contributed by atoms with Gasteiger partial charge in [0.15, 0.2) is 29.0 Å².